The molecule has 0 spiro atoms. The monoisotopic (exact) mass is 879 g/mol. The van der Waals surface area contributed by atoms with Crippen molar-refractivity contribution in [1.82, 2.24) is 29.5 Å². The minimum absolute atomic E-state index is 0.184. The van der Waals surface area contributed by atoms with Gasteiger partial charge in [-0.3, -0.25) is 28.9 Å². The number of carbonyl (C=O) groups excluding carboxylic acids is 3. The second-order valence-electron chi connectivity index (χ2n) is 16.6. The molecule has 5 heterocycles. The zero-order chi connectivity index (χ0) is 44.5. The Labute approximate surface area is 370 Å². The van der Waals surface area contributed by atoms with Gasteiger partial charge in [0.15, 0.2) is 0 Å². The third kappa shape index (κ3) is 8.66. The lowest BCUT2D eigenvalue weighted by Gasteiger charge is -2.31. The smallest absolute Gasteiger partial charge is 0.352 e. The molecule has 8 rings (SSSR count). The van der Waals surface area contributed by atoms with Gasteiger partial charge in [0.05, 0.1) is 42.2 Å². The van der Waals surface area contributed by atoms with Gasteiger partial charge in [-0.25, -0.2) is 4.79 Å². The number of nitrogens with one attached hydrogen (secondary N) is 2. The highest BCUT2D eigenvalue weighted by molar-refractivity contribution is 6.32. The molecule has 5 aromatic rings. The van der Waals surface area contributed by atoms with E-state index in [0.29, 0.717) is 70.9 Å². The van der Waals surface area contributed by atoms with Crippen molar-refractivity contribution in [1.29, 1.82) is 0 Å². The Morgan fingerprint density at radius 1 is 0.937 bits per heavy atom. The second-order valence-corrected chi connectivity index (χ2v) is 17.0. The number of aliphatic hydroxyl groups is 1. The Morgan fingerprint density at radius 2 is 1.67 bits per heavy atom. The topological polar surface area (TPSA) is 180 Å². The number of carboxylic acids is 1. The van der Waals surface area contributed by atoms with Gasteiger partial charge >= 0.3 is 5.97 Å². The van der Waals surface area contributed by atoms with Crippen molar-refractivity contribution in [2.75, 3.05) is 51.3 Å². The van der Waals surface area contributed by atoms with E-state index in [1.165, 1.54) is 0 Å². The lowest BCUT2D eigenvalue weighted by Crippen LogP contribution is -2.55. The Morgan fingerprint density at radius 3 is 2.40 bits per heavy atom. The summed E-state index contributed by atoms with van der Waals surface area (Å²) in [6.45, 7) is 13.3. The summed E-state index contributed by atoms with van der Waals surface area (Å²) in [5.41, 5.74) is 8.41. The predicted octanol–water partition coefficient (Wildman–Crippen LogP) is 6.13. The number of halogens is 1. The maximum Gasteiger partial charge on any atom is 0.352 e. The largest absolute Gasteiger partial charge is 0.494 e. The minimum atomic E-state index is -1.000. The van der Waals surface area contributed by atoms with Crippen LogP contribution < -0.4 is 15.4 Å². The third-order valence-electron chi connectivity index (χ3n) is 12.5. The Bertz CT molecular complexity index is 2570. The molecule has 2 fully saturated rings. The summed E-state index contributed by atoms with van der Waals surface area (Å²) >= 11 is 6.39. The van der Waals surface area contributed by atoms with E-state index in [-0.39, 0.29) is 29.7 Å². The lowest BCUT2D eigenvalue weighted by molar-refractivity contribution is -0.131. The van der Waals surface area contributed by atoms with Gasteiger partial charge in [-0.05, 0) is 101 Å². The van der Waals surface area contributed by atoms with Gasteiger partial charge in [0.2, 0.25) is 5.91 Å². The molecule has 0 aliphatic carbocycles. The molecule has 0 saturated carbocycles. The number of aryl methyl sites for hydroxylation is 5. The van der Waals surface area contributed by atoms with Crippen LogP contribution in [0.3, 0.4) is 0 Å². The number of imide groups is 1. The van der Waals surface area contributed by atoms with Crippen molar-refractivity contribution < 1.29 is 38.9 Å². The molecule has 2 saturated heterocycles. The minimum Gasteiger partial charge on any atom is -0.494 e. The Balaban J connectivity index is 1.03. The number of aromatic nitrogens is 3. The van der Waals surface area contributed by atoms with E-state index in [4.69, 9.17) is 26.2 Å². The average Bonchev–Trinajstić information content (AvgIpc) is 3.84. The number of aromatic carboxylic acids is 1. The van der Waals surface area contributed by atoms with Crippen molar-refractivity contribution in [3.63, 3.8) is 0 Å². The van der Waals surface area contributed by atoms with Crippen LogP contribution in [-0.4, -0.2) is 116 Å². The zero-order valence-corrected chi connectivity index (χ0v) is 36.9. The average molecular weight is 880 g/mol. The van der Waals surface area contributed by atoms with Crippen molar-refractivity contribution in [3.05, 3.63) is 98.5 Å². The fraction of sp³-hybridized carbons (Fsp3) is 0.426. The van der Waals surface area contributed by atoms with Crippen LogP contribution in [0.15, 0.2) is 48.5 Å². The summed E-state index contributed by atoms with van der Waals surface area (Å²) in [5.74, 6) is -1.85. The summed E-state index contributed by atoms with van der Waals surface area (Å²) in [7, 11) is 0. The summed E-state index contributed by atoms with van der Waals surface area (Å²) < 4.78 is 15.7. The Hall–Kier alpha value is -5.74. The number of para-hydroxylation sites is 1. The van der Waals surface area contributed by atoms with Crippen LogP contribution in [0.2, 0.25) is 5.02 Å². The fourth-order valence-corrected chi connectivity index (χ4v) is 9.52. The van der Waals surface area contributed by atoms with E-state index in [2.05, 4.69) is 21.6 Å². The number of hydrogen-bond donors (Lipinski definition) is 4. The van der Waals surface area contributed by atoms with Crippen LogP contribution in [0.25, 0.3) is 22.0 Å². The first kappa shape index (κ1) is 43.9. The highest BCUT2D eigenvalue weighted by Gasteiger charge is 2.45. The molecular weight excluding hydrogens is 826 g/mol. The van der Waals surface area contributed by atoms with Crippen LogP contribution in [0, 0.1) is 27.7 Å². The first-order valence-corrected chi connectivity index (χ1v) is 22.1. The quantitative estimate of drug-likeness (QED) is 0.0662. The number of amides is 3. The van der Waals surface area contributed by atoms with Gasteiger partial charge in [-0.1, -0.05) is 35.9 Å². The first-order valence-electron chi connectivity index (χ1n) is 21.7. The number of morpholine rings is 1. The lowest BCUT2D eigenvalue weighted by atomic mass is 9.98. The van der Waals surface area contributed by atoms with Crippen LogP contribution in [-0.2, 0) is 29.0 Å². The molecule has 2 unspecified atom stereocenters. The summed E-state index contributed by atoms with van der Waals surface area (Å²) in [5, 5.41) is 33.1. The van der Waals surface area contributed by atoms with Crippen molar-refractivity contribution in [3.8, 4) is 16.9 Å². The fourth-order valence-electron chi connectivity index (χ4n) is 9.41. The molecule has 3 aromatic carbocycles. The Kier molecular flexibility index (Phi) is 12.9. The molecule has 3 aliphatic heterocycles. The van der Waals surface area contributed by atoms with Gasteiger partial charge in [0, 0.05) is 72.2 Å². The SMILES string of the molecule is Cc1cc(OCCCc2c(C(=O)O)n(CCN3CCOCC3)c3c(-c4c(C)nn(CCCNc5cccc6c5C(=O)N(C5CCC(O)NC5=O)C6=O)c4C)cccc23)cc(C)c1Cl. The molecular formula is C47H54ClN7O8. The molecule has 15 nitrogen and oxygen atoms in total. The first-order chi connectivity index (χ1) is 30.3. The molecule has 0 radical (unpaired) electrons. The van der Waals surface area contributed by atoms with Gasteiger partial charge < -0.3 is 34.9 Å². The molecule has 2 atom stereocenters. The molecule has 16 heteroatoms. The standard InChI is InChI=1S/C47H54ClN7O8/c1-27-25-31(26-28(2)41(27)48)63-22-7-12-33-32-9-5-10-34(42(32)53(43(33)47(60)61)19-18-52-20-23-62-24-21-52)39-29(3)51-54(30(39)4)17-8-16-49-36-13-6-11-35-40(36)46(59)55(45(35)58)37-14-15-38(56)50-44(37)57/h5-6,9-11,13,25-26,37-38,49,56H,7-8,12,14-24H2,1-4H3,(H,50,57)(H,60,61). The number of benzene rings is 3. The van der Waals surface area contributed by atoms with E-state index in [0.717, 1.165) is 78.9 Å². The number of hydrogen-bond acceptors (Lipinski definition) is 10. The van der Waals surface area contributed by atoms with Crippen molar-refractivity contribution in [2.24, 2.45) is 0 Å². The van der Waals surface area contributed by atoms with E-state index < -0.39 is 36.0 Å². The molecule has 3 aliphatic rings. The van der Waals surface area contributed by atoms with Crippen LogP contribution in [0.5, 0.6) is 5.75 Å². The number of aliphatic hydroxyl groups excluding tert-OH is 1. The number of nitrogens with zero attached hydrogens (tertiary/aromatic N) is 5. The summed E-state index contributed by atoms with van der Waals surface area (Å²) in [6.07, 6.45) is 1.17. The van der Waals surface area contributed by atoms with Gasteiger partial charge in [0.1, 0.15) is 23.7 Å². The molecule has 0 bridgehead atoms. The molecule has 3 amide bonds. The van der Waals surface area contributed by atoms with E-state index in [9.17, 15) is 29.4 Å². The highest BCUT2D eigenvalue weighted by atomic mass is 35.5. The van der Waals surface area contributed by atoms with Crippen LogP contribution in [0.1, 0.15) is 85.0 Å². The number of ether oxygens (including phenoxy) is 2. The number of fused-ring (bicyclic) bond motifs is 2. The summed E-state index contributed by atoms with van der Waals surface area (Å²) in [6, 6.07) is 14.0. The van der Waals surface area contributed by atoms with Crippen LogP contribution >= 0.6 is 11.6 Å². The molecule has 4 N–H and O–H groups in total. The number of rotatable bonds is 16. The van der Waals surface area contributed by atoms with Crippen molar-refractivity contribution >= 4 is 51.9 Å². The van der Waals surface area contributed by atoms with E-state index >= 15 is 0 Å². The predicted molar refractivity (Wildman–Crippen MR) is 239 cm³/mol. The number of carboxylic acid groups (broad SMARTS) is 1. The van der Waals surface area contributed by atoms with Gasteiger partial charge in [0.25, 0.3) is 11.8 Å². The zero-order valence-electron chi connectivity index (χ0n) is 36.1. The summed E-state index contributed by atoms with van der Waals surface area (Å²) in [4.78, 5) is 56.3. The maximum atomic E-state index is 13.6. The highest BCUT2D eigenvalue weighted by Crippen LogP contribution is 2.39. The maximum absolute atomic E-state index is 13.6. The molecule has 2 aromatic heterocycles. The van der Waals surface area contributed by atoms with Gasteiger partial charge in [-0.15, -0.1) is 0 Å². The normalized spacial score (nSPS) is 18.0. The van der Waals surface area contributed by atoms with Crippen LogP contribution in [0.4, 0.5) is 5.69 Å². The molecule has 63 heavy (non-hydrogen) atoms. The number of anilines is 1. The number of carbonyl (C=O) groups is 4. The van der Waals surface area contributed by atoms with Gasteiger partial charge in [-0.2, -0.15) is 5.10 Å². The second kappa shape index (κ2) is 18.5. The van der Waals surface area contributed by atoms with E-state index in [1.54, 1.807) is 18.2 Å². The third-order valence-corrected chi connectivity index (χ3v) is 13.1. The van der Waals surface area contributed by atoms with Crippen molar-refractivity contribution in [2.45, 2.75) is 85.2 Å². The molecule has 332 valence electrons. The van der Waals surface area contributed by atoms with E-state index in [1.807, 2.05) is 61.2 Å². The number of piperidine rings is 1.